The number of carbonyl (C=O) groups is 1. The second kappa shape index (κ2) is 6.62. The van der Waals surface area contributed by atoms with Crippen molar-refractivity contribution in [2.24, 2.45) is 5.92 Å². The van der Waals surface area contributed by atoms with E-state index < -0.39 is 0 Å². The predicted octanol–water partition coefficient (Wildman–Crippen LogP) is 2.80. The molecular formula is C13H18ClNO2. The van der Waals surface area contributed by atoms with Crippen LogP contribution in [0.3, 0.4) is 0 Å². The van der Waals surface area contributed by atoms with Crippen molar-refractivity contribution in [2.45, 2.75) is 19.9 Å². The first-order chi connectivity index (χ1) is 8.04. The number of carbonyl (C=O) groups excluding carboxylic acids is 1. The van der Waals surface area contributed by atoms with Gasteiger partial charge in [0.2, 0.25) is 0 Å². The van der Waals surface area contributed by atoms with Gasteiger partial charge in [0.05, 0.1) is 13.0 Å². The molecule has 1 N–H and O–H groups in total. The maximum Gasteiger partial charge on any atom is 0.309 e. The zero-order chi connectivity index (χ0) is 12.8. The van der Waals surface area contributed by atoms with E-state index in [1.54, 1.807) is 0 Å². The molecule has 3 nitrogen and oxygen atoms in total. The van der Waals surface area contributed by atoms with Gasteiger partial charge in [-0.3, -0.25) is 4.79 Å². The van der Waals surface area contributed by atoms with Crippen molar-refractivity contribution in [3.05, 3.63) is 34.9 Å². The maximum atomic E-state index is 11.2. The monoisotopic (exact) mass is 255 g/mol. The molecule has 17 heavy (non-hydrogen) atoms. The van der Waals surface area contributed by atoms with Crippen molar-refractivity contribution in [2.75, 3.05) is 13.7 Å². The lowest BCUT2D eigenvalue weighted by Crippen LogP contribution is -2.29. The number of ether oxygens (including phenoxy) is 1. The highest BCUT2D eigenvalue weighted by Crippen LogP contribution is 2.17. The zero-order valence-electron chi connectivity index (χ0n) is 10.4. The molecule has 94 valence electrons. The fraction of sp³-hybridized carbons (Fsp3) is 0.462. The number of hydrogen-bond acceptors (Lipinski definition) is 3. The highest BCUT2D eigenvalue weighted by Gasteiger charge is 2.14. The minimum atomic E-state index is -0.198. The van der Waals surface area contributed by atoms with E-state index in [1.165, 1.54) is 7.11 Å². The number of hydrogen-bond donors (Lipinski definition) is 1. The summed E-state index contributed by atoms with van der Waals surface area (Å²) >= 11 is 5.92. The van der Waals surface area contributed by atoms with Gasteiger partial charge in [-0.1, -0.05) is 30.7 Å². The number of esters is 1. The van der Waals surface area contributed by atoms with Gasteiger partial charge in [0, 0.05) is 17.6 Å². The number of methoxy groups -OCH3 is 1. The third kappa shape index (κ3) is 4.36. The van der Waals surface area contributed by atoms with E-state index in [9.17, 15) is 4.79 Å². The van der Waals surface area contributed by atoms with Gasteiger partial charge in [0.1, 0.15) is 0 Å². The van der Waals surface area contributed by atoms with Crippen LogP contribution in [-0.4, -0.2) is 19.6 Å². The lowest BCUT2D eigenvalue weighted by Gasteiger charge is -2.17. The van der Waals surface area contributed by atoms with Crippen molar-refractivity contribution in [1.29, 1.82) is 0 Å². The first-order valence-electron chi connectivity index (χ1n) is 5.61. The summed E-state index contributed by atoms with van der Waals surface area (Å²) in [6, 6.07) is 7.84. The molecule has 0 spiro atoms. The Kier molecular flexibility index (Phi) is 5.45. The molecule has 0 aliphatic carbocycles. The second-order valence-electron chi connectivity index (χ2n) is 4.11. The molecule has 1 unspecified atom stereocenters. The van der Waals surface area contributed by atoms with Crippen molar-refractivity contribution in [3.8, 4) is 0 Å². The van der Waals surface area contributed by atoms with Gasteiger partial charge in [-0.2, -0.15) is 0 Å². The molecule has 0 aromatic heterocycles. The Morgan fingerprint density at radius 3 is 2.76 bits per heavy atom. The Morgan fingerprint density at radius 2 is 2.18 bits per heavy atom. The molecule has 2 atom stereocenters. The molecule has 0 heterocycles. The Labute approximate surface area is 107 Å². The Morgan fingerprint density at radius 1 is 1.47 bits per heavy atom. The summed E-state index contributed by atoms with van der Waals surface area (Å²) in [5.41, 5.74) is 1.11. The van der Waals surface area contributed by atoms with Gasteiger partial charge in [0.25, 0.3) is 0 Å². The topological polar surface area (TPSA) is 38.3 Å². The van der Waals surface area contributed by atoms with Crippen LogP contribution in [0.5, 0.6) is 0 Å². The van der Waals surface area contributed by atoms with Gasteiger partial charge < -0.3 is 10.1 Å². The molecule has 1 rings (SSSR count). The van der Waals surface area contributed by atoms with E-state index in [2.05, 4.69) is 10.1 Å². The van der Waals surface area contributed by atoms with Gasteiger partial charge in [-0.25, -0.2) is 0 Å². The van der Waals surface area contributed by atoms with E-state index in [-0.39, 0.29) is 17.9 Å². The van der Waals surface area contributed by atoms with Crippen molar-refractivity contribution >= 4 is 17.6 Å². The van der Waals surface area contributed by atoms with Gasteiger partial charge in [-0.05, 0) is 24.6 Å². The summed E-state index contributed by atoms with van der Waals surface area (Å²) in [6.07, 6.45) is 0. The molecule has 0 bridgehead atoms. The Bertz CT molecular complexity index is 381. The molecule has 0 saturated heterocycles. The highest BCUT2D eigenvalue weighted by atomic mass is 35.5. The lowest BCUT2D eigenvalue weighted by atomic mass is 10.1. The van der Waals surface area contributed by atoms with Crippen LogP contribution >= 0.6 is 11.6 Å². The number of benzene rings is 1. The van der Waals surface area contributed by atoms with Crippen molar-refractivity contribution < 1.29 is 9.53 Å². The Hall–Kier alpha value is -1.06. The molecule has 0 amide bonds. The summed E-state index contributed by atoms with van der Waals surface area (Å²) in [4.78, 5) is 11.2. The summed E-state index contributed by atoms with van der Waals surface area (Å²) in [5, 5.41) is 4.00. The normalized spacial score (nSPS) is 14.1. The average Bonchev–Trinajstić information content (AvgIpc) is 2.34. The fourth-order valence-corrected chi connectivity index (χ4v) is 1.73. The summed E-state index contributed by atoms with van der Waals surface area (Å²) in [5.74, 6) is -0.350. The number of halogens is 1. The quantitative estimate of drug-likeness (QED) is 0.823. The number of rotatable bonds is 5. The molecule has 0 aliphatic rings. The van der Waals surface area contributed by atoms with Crippen LogP contribution in [0.2, 0.25) is 5.02 Å². The molecule has 0 fully saturated rings. The molecule has 4 heteroatoms. The second-order valence-corrected chi connectivity index (χ2v) is 4.55. The maximum absolute atomic E-state index is 11.2. The van der Waals surface area contributed by atoms with Gasteiger partial charge in [0.15, 0.2) is 0 Å². The number of nitrogens with one attached hydrogen (secondary N) is 1. The van der Waals surface area contributed by atoms with E-state index >= 15 is 0 Å². The Balaban J connectivity index is 2.50. The standard InChI is InChI=1S/C13H18ClNO2/c1-9(13(16)17-3)8-15-10(2)11-5-4-6-12(14)7-11/h4-7,9-10,15H,8H2,1-3H3/t9?,10-/m0/s1. The van der Waals surface area contributed by atoms with Crippen molar-refractivity contribution in [1.82, 2.24) is 5.32 Å². The lowest BCUT2D eigenvalue weighted by molar-refractivity contribution is -0.144. The van der Waals surface area contributed by atoms with Crippen LogP contribution in [0.25, 0.3) is 0 Å². The largest absolute Gasteiger partial charge is 0.469 e. The zero-order valence-corrected chi connectivity index (χ0v) is 11.1. The average molecular weight is 256 g/mol. The van der Waals surface area contributed by atoms with Gasteiger partial charge >= 0.3 is 5.97 Å². The van der Waals surface area contributed by atoms with Crippen LogP contribution in [0.15, 0.2) is 24.3 Å². The van der Waals surface area contributed by atoms with Crippen LogP contribution in [0.1, 0.15) is 25.5 Å². The molecule has 0 radical (unpaired) electrons. The van der Waals surface area contributed by atoms with Crippen LogP contribution < -0.4 is 5.32 Å². The molecule has 1 aromatic rings. The van der Waals surface area contributed by atoms with Crippen LogP contribution in [-0.2, 0) is 9.53 Å². The smallest absolute Gasteiger partial charge is 0.309 e. The predicted molar refractivity (Wildman–Crippen MR) is 69.0 cm³/mol. The third-order valence-electron chi connectivity index (χ3n) is 2.68. The summed E-state index contributed by atoms with van der Waals surface area (Å²) in [6.45, 7) is 4.46. The minimum Gasteiger partial charge on any atom is -0.469 e. The molecule has 0 saturated carbocycles. The highest BCUT2D eigenvalue weighted by molar-refractivity contribution is 6.30. The van der Waals surface area contributed by atoms with Gasteiger partial charge in [-0.15, -0.1) is 0 Å². The molecule has 1 aromatic carbocycles. The van der Waals surface area contributed by atoms with E-state index in [0.29, 0.717) is 6.54 Å². The van der Waals surface area contributed by atoms with E-state index in [1.807, 2.05) is 38.1 Å². The summed E-state index contributed by atoms with van der Waals surface area (Å²) < 4.78 is 4.67. The minimum absolute atomic E-state index is 0.151. The van der Waals surface area contributed by atoms with Crippen LogP contribution in [0.4, 0.5) is 0 Å². The van der Waals surface area contributed by atoms with E-state index in [4.69, 9.17) is 11.6 Å². The molecule has 0 aliphatic heterocycles. The fourth-order valence-electron chi connectivity index (χ4n) is 1.53. The SMILES string of the molecule is COC(=O)C(C)CN[C@@H](C)c1cccc(Cl)c1. The third-order valence-corrected chi connectivity index (χ3v) is 2.92. The summed E-state index contributed by atoms with van der Waals surface area (Å²) in [7, 11) is 1.40. The van der Waals surface area contributed by atoms with Crippen molar-refractivity contribution in [3.63, 3.8) is 0 Å². The first-order valence-corrected chi connectivity index (χ1v) is 5.99. The van der Waals surface area contributed by atoms with Crippen LogP contribution in [0, 0.1) is 5.92 Å². The first kappa shape index (κ1) is 14.0. The van der Waals surface area contributed by atoms with E-state index in [0.717, 1.165) is 10.6 Å². The molecular weight excluding hydrogens is 238 g/mol.